The number of thiazole rings is 1. The lowest BCUT2D eigenvalue weighted by molar-refractivity contribution is 0.552. The second-order valence-electron chi connectivity index (χ2n) is 4.02. The van der Waals surface area contributed by atoms with Gasteiger partial charge in [0.05, 0.1) is 10.2 Å². The monoisotopic (exact) mass is 238 g/mol. The second-order valence-corrected chi connectivity index (χ2v) is 5.08. The number of anilines is 1. The highest BCUT2D eigenvalue weighted by Crippen LogP contribution is 2.31. The number of nitrogens with two attached hydrogens (primary N) is 1. The van der Waals surface area contributed by atoms with Gasteiger partial charge in [-0.3, -0.25) is 0 Å². The van der Waals surface area contributed by atoms with Crippen molar-refractivity contribution in [3.8, 4) is 0 Å². The van der Waals surface area contributed by atoms with Crippen LogP contribution in [0.5, 0.6) is 0 Å². The molecule has 1 atom stereocenters. The van der Waals surface area contributed by atoms with Crippen LogP contribution >= 0.6 is 11.3 Å². The van der Waals surface area contributed by atoms with E-state index in [1.165, 1.54) is 11.3 Å². The molecule has 1 aliphatic carbocycles. The second kappa shape index (κ2) is 3.71. The third-order valence-electron chi connectivity index (χ3n) is 2.94. The average Bonchev–Trinajstić information content (AvgIpc) is 2.83. The summed E-state index contributed by atoms with van der Waals surface area (Å²) in [6, 6.07) is 3.76. The Balaban J connectivity index is 1.82. The van der Waals surface area contributed by atoms with E-state index in [0.29, 0.717) is 18.0 Å². The Morgan fingerprint density at radius 3 is 3.25 bits per heavy atom. The van der Waals surface area contributed by atoms with E-state index in [2.05, 4.69) is 10.3 Å². The molecule has 3 rings (SSSR count). The van der Waals surface area contributed by atoms with Crippen LogP contribution in [0.4, 0.5) is 5.13 Å². The highest BCUT2D eigenvalue weighted by atomic mass is 32.1. The van der Waals surface area contributed by atoms with E-state index in [1.807, 2.05) is 12.1 Å². The third-order valence-corrected chi connectivity index (χ3v) is 3.78. The van der Waals surface area contributed by atoms with Crippen LogP contribution in [0.15, 0.2) is 12.1 Å². The van der Waals surface area contributed by atoms with Gasteiger partial charge in [0.2, 0.25) is 0 Å². The summed E-state index contributed by atoms with van der Waals surface area (Å²) in [5.41, 5.74) is 8.71. The normalized spacial score (nSPS) is 25.5. The molecule has 3 N–H and O–H groups in total. The van der Waals surface area contributed by atoms with Gasteiger partial charge in [0.1, 0.15) is 0 Å². The van der Waals surface area contributed by atoms with Crippen molar-refractivity contribution in [1.82, 2.24) is 10.3 Å². The molecule has 0 radical (unpaired) electrons. The Labute approximate surface area is 106 Å². The number of benzene rings is 1. The number of nitrogens with one attached hydrogen (secondary N) is 1. The number of hydrogen-bond donors (Lipinski definition) is 2. The maximum absolute atomic E-state index is 7.66. The van der Waals surface area contributed by atoms with Gasteiger partial charge in [0, 0.05) is 12.9 Å². The zero-order valence-corrected chi connectivity index (χ0v) is 9.40. The summed E-state index contributed by atoms with van der Waals surface area (Å²) in [5.74, 6) is 0. The minimum Gasteiger partial charge on any atom is -0.375 e. The molecule has 0 spiro atoms. The van der Waals surface area contributed by atoms with Crippen molar-refractivity contribution in [3.05, 3.63) is 23.3 Å². The highest BCUT2D eigenvalue weighted by Gasteiger charge is 2.21. The van der Waals surface area contributed by atoms with Gasteiger partial charge in [-0.2, -0.15) is 0 Å². The predicted octanol–water partition coefficient (Wildman–Crippen LogP) is 1.96. The summed E-state index contributed by atoms with van der Waals surface area (Å²) < 4.78 is 38.1. The van der Waals surface area contributed by atoms with Crippen molar-refractivity contribution >= 4 is 26.7 Å². The quantitative estimate of drug-likeness (QED) is 0.841. The van der Waals surface area contributed by atoms with E-state index in [9.17, 15) is 0 Å². The molecular weight excluding hydrogens is 218 g/mol. The first-order valence-corrected chi connectivity index (χ1v) is 5.93. The van der Waals surface area contributed by atoms with Gasteiger partial charge in [0.25, 0.3) is 0 Å². The fourth-order valence-corrected chi connectivity index (χ4v) is 3.04. The van der Waals surface area contributed by atoms with Crippen molar-refractivity contribution in [1.29, 1.82) is 0 Å². The molecule has 1 aromatic carbocycles. The third kappa shape index (κ3) is 1.58. The summed E-state index contributed by atoms with van der Waals surface area (Å²) in [4.78, 5) is 4.24. The van der Waals surface area contributed by atoms with Crippen LogP contribution in [0.2, 0.25) is 0 Å². The topological polar surface area (TPSA) is 50.9 Å². The van der Waals surface area contributed by atoms with Crippen molar-refractivity contribution in [2.75, 3.05) is 12.2 Å². The first kappa shape index (κ1) is 5.98. The average molecular weight is 238 g/mol. The first-order chi connectivity index (χ1) is 9.65. The first-order valence-electron chi connectivity index (χ1n) is 7.61. The van der Waals surface area contributed by atoms with E-state index in [4.69, 9.17) is 12.6 Å². The van der Waals surface area contributed by atoms with Gasteiger partial charge in [-0.05, 0) is 42.6 Å². The molecule has 16 heavy (non-hydrogen) atoms. The summed E-state index contributed by atoms with van der Waals surface area (Å²) in [6.07, 6.45) is 1.21. The number of rotatable bonds is 2. The Morgan fingerprint density at radius 2 is 2.44 bits per heavy atom. The van der Waals surface area contributed by atoms with E-state index in [1.54, 1.807) is 0 Å². The highest BCUT2D eigenvalue weighted by molar-refractivity contribution is 7.22. The predicted molar refractivity (Wildman–Crippen MR) is 68.9 cm³/mol. The van der Waals surface area contributed by atoms with Crippen molar-refractivity contribution < 1.29 is 6.85 Å². The number of nitrogens with zero attached hydrogens (tertiary/aromatic N) is 1. The molecule has 0 unspecified atom stereocenters. The molecule has 2 aromatic rings. The molecule has 0 amide bonds. The Kier molecular flexibility index (Phi) is 1.39. The number of nitrogen functional groups attached to an aromatic ring is 1. The van der Waals surface area contributed by atoms with Gasteiger partial charge in [-0.1, -0.05) is 18.2 Å². The molecular formula is C12H15N3S. The van der Waals surface area contributed by atoms with Crippen LogP contribution < -0.4 is 11.1 Å². The van der Waals surface area contributed by atoms with Gasteiger partial charge in [0.15, 0.2) is 5.13 Å². The van der Waals surface area contributed by atoms with Crippen LogP contribution in [-0.2, 0) is 12.8 Å². The minimum absolute atomic E-state index is 0.218. The Morgan fingerprint density at radius 1 is 1.62 bits per heavy atom. The van der Waals surface area contributed by atoms with E-state index < -0.39 is 13.3 Å². The molecule has 1 aromatic heterocycles. The summed E-state index contributed by atoms with van der Waals surface area (Å²) in [6.45, 7) is -5.07. The molecule has 0 aliphatic heterocycles. The molecule has 0 saturated heterocycles. The van der Waals surface area contributed by atoms with E-state index in [0.717, 1.165) is 21.3 Å². The lowest BCUT2D eigenvalue weighted by atomic mass is 10.1. The fraction of sp³-hybridized carbons (Fsp3) is 0.417. The van der Waals surface area contributed by atoms with Crippen molar-refractivity contribution in [2.45, 2.75) is 25.7 Å². The molecule has 0 fully saturated rings. The summed E-state index contributed by atoms with van der Waals surface area (Å²) in [5, 5.41) is 3.16. The Hall–Kier alpha value is -1.13. The zero-order chi connectivity index (χ0) is 15.4. The number of fused-ring (bicyclic) bond motifs is 2. The molecule has 1 heterocycles. The maximum Gasteiger partial charge on any atom is 0.181 e. The molecule has 84 valence electrons. The molecule has 3 nitrogen and oxygen atoms in total. The van der Waals surface area contributed by atoms with Gasteiger partial charge >= 0.3 is 0 Å². The van der Waals surface area contributed by atoms with E-state index >= 15 is 0 Å². The summed E-state index contributed by atoms with van der Waals surface area (Å²) >= 11 is 1.42. The number of aromatic nitrogens is 1. The maximum atomic E-state index is 7.66. The Bertz CT molecular complexity index is 651. The van der Waals surface area contributed by atoms with Crippen molar-refractivity contribution in [3.63, 3.8) is 0 Å². The standard InChI is InChI=1S/C12H15N3S/c1-2-14-9-3-7-5-10-11(6-8(7)4-9)16-12(13)15-10/h5-6,9,14H,2-4H2,1H3,(H2,13,15)/t9-/m1/s1/i1D3,2D2. The van der Waals surface area contributed by atoms with Crippen LogP contribution in [0.3, 0.4) is 0 Å². The van der Waals surface area contributed by atoms with Gasteiger partial charge in [-0.25, -0.2) is 4.98 Å². The number of likely N-dealkylation sites (N-methyl/N-ethyl adjacent to an activating group) is 1. The fourth-order valence-electron chi connectivity index (χ4n) is 2.26. The largest absolute Gasteiger partial charge is 0.375 e. The van der Waals surface area contributed by atoms with Crippen LogP contribution in [0.1, 0.15) is 24.8 Å². The van der Waals surface area contributed by atoms with E-state index in [-0.39, 0.29) is 6.04 Å². The van der Waals surface area contributed by atoms with Gasteiger partial charge in [-0.15, -0.1) is 0 Å². The molecule has 0 saturated carbocycles. The molecule has 4 heteroatoms. The van der Waals surface area contributed by atoms with Crippen LogP contribution in [0.25, 0.3) is 10.2 Å². The zero-order valence-electron chi connectivity index (χ0n) is 13.6. The lowest BCUT2D eigenvalue weighted by Gasteiger charge is -2.08. The molecule has 0 bridgehead atoms. The van der Waals surface area contributed by atoms with Crippen molar-refractivity contribution in [2.24, 2.45) is 0 Å². The van der Waals surface area contributed by atoms with Gasteiger partial charge < -0.3 is 11.1 Å². The van der Waals surface area contributed by atoms with Crippen LogP contribution in [0, 0.1) is 0 Å². The minimum atomic E-state index is -2.68. The SMILES string of the molecule is [2H]C([2H])([2H])C([2H])([2H])N[C@@H]1Cc2cc3nc(N)sc3cc2C1. The van der Waals surface area contributed by atoms with Crippen LogP contribution in [-0.4, -0.2) is 17.5 Å². The smallest absolute Gasteiger partial charge is 0.181 e. The molecule has 1 aliphatic rings. The number of hydrogen-bond acceptors (Lipinski definition) is 4. The lowest BCUT2D eigenvalue weighted by Crippen LogP contribution is -2.28. The summed E-state index contributed by atoms with van der Waals surface area (Å²) in [7, 11) is 0.